The molecule has 0 saturated carbocycles. The second kappa shape index (κ2) is 10.9. The molecule has 0 spiro atoms. The highest BCUT2D eigenvalue weighted by Crippen LogP contribution is 2.28. The number of hydrogen-bond acceptors (Lipinski definition) is 1. The second-order valence-electron chi connectivity index (χ2n) is 9.48. The maximum Gasteiger partial charge on any atom is 0.360 e. The molecule has 1 rings (SSSR count). The zero-order valence-electron chi connectivity index (χ0n) is 16.6. The molecule has 0 N–H and O–H groups in total. The van der Waals surface area contributed by atoms with Gasteiger partial charge in [0.05, 0.1) is 0 Å². The fourth-order valence-electron chi connectivity index (χ4n) is 4.46. The zero-order valence-corrected chi connectivity index (χ0v) is 21.2. The van der Waals surface area contributed by atoms with Crippen LogP contribution in [0.4, 0.5) is 0 Å². The molecule has 0 aromatic carbocycles. The topological polar surface area (TPSA) is 9.23 Å². The minimum absolute atomic E-state index is 0.428. The molecule has 1 fully saturated rings. The predicted octanol–water partition coefficient (Wildman–Crippen LogP) is 4.89. The van der Waals surface area contributed by atoms with Gasteiger partial charge in [0.1, 0.15) is 10.3 Å². The Morgan fingerprint density at radius 1 is 0.636 bits per heavy atom. The highest BCUT2D eigenvalue weighted by molar-refractivity contribution is 7.65. The van der Waals surface area contributed by atoms with Crippen LogP contribution in [0, 0.1) is 23.7 Å². The summed E-state index contributed by atoms with van der Waals surface area (Å²) in [7, 11) is -0.954. The van der Waals surface area contributed by atoms with Gasteiger partial charge in [-0.2, -0.15) is 0 Å². The van der Waals surface area contributed by atoms with E-state index in [-0.39, 0.29) is 0 Å². The standard InChI is InChI=1S/4C4H9.CH2O.4Al/c4*1-4(2)3;1-2;;;;/h4*4H,1H2,2-3H3;1H2;;;;/q;;;;-1;;;;+1. The van der Waals surface area contributed by atoms with Crippen molar-refractivity contribution in [2.45, 2.75) is 76.5 Å². The molecule has 0 amide bonds. The van der Waals surface area contributed by atoms with Crippen molar-refractivity contribution in [2.24, 2.45) is 23.7 Å². The van der Waals surface area contributed by atoms with Crippen LogP contribution in [0.3, 0.4) is 0 Å². The minimum atomic E-state index is -0.820. The Balaban J connectivity index is 2.93. The van der Waals surface area contributed by atoms with Crippen molar-refractivity contribution in [3.63, 3.8) is 0 Å². The lowest BCUT2D eigenvalue weighted by Gasteiger charge is -2.38. The van der Waals surface area contributed by atoms with Gasteiger partial charge in [-0.3, -0.25) is 0 Å². The number of rotatable bonds is 8. The largest absolute Gasteiger partial charge is 0.522 e. The van der Waals surface area contributed by atoms with Crippen molar-refractivity contribution in [3.05, 3.63) is 0 Å². The highest BCUT2D eigenvalue weighted by atomic mass is 28.7. The van der Waals surface area contributed by atoms with Crippen LogP contribution in [0.2, 0.25) is 21.1 Å². The van der Waals surface area contributed by atoms with E-state index in [1.54, 1.807) is 15.8 Å². The Bertz CT molecular complexity index is 277. The summed E-state index contributed by atoms with van der Waals surface area (Å²) in [4.78, 5) is 0. The van der Waals surface area contributed by atoms with E-state index in [2.05, 4.69) is 55.4 Å². The molecule has 0 atom stereocenters. The summed E-state index contributed by atoms with van der Waals surface area (Å²) in [6, 6.07) is 0. The van der Waals surface area contributed by atoms with Gasteiger partial charge in [0, 0.05) is 0 Å². The zero-order chi connectivity index (χ0) is 16.9. The molecule has 0 bridgehead atoms. The Labute approximate surface area is 153 Å². The Morgan fingerprint density at radius 3 is 1.55 bits per heavy atom. The summed E-state index contributed by atoms with van der Waals surface area (Å²) in [5, 5.41) is 6.40. The van der Waals surface area contributed by atoms with Gasteiger partial charge in [-0.1, -0.05) is 95.1 Å². The molecule has 1 aliphatic rings. The molecular formula is C17H38Al4O. The summed E-state index contributed by atoms with van der Waals surface area (Å²) in [5.74, 6) is 3.67. The van der Waals surface area contributed by atoms with E-state index >= 15 is 0 Å². The molecule has 1 heterocycles. The van der Waals surface area contributed by atoms with Crippen molar-refractivity contribution >= 4 is 45.5 Å². The molecular weight excluding hydrogens is 328 g/mol. The SMILES string of the molecule is CC(C)[CH2][Al]1[CH2][O][Al]([CH2]C(C)C)[Al]([CH2]C(C)C)[Al]1[CH2]C(C)C. The van der Waals surface area contributed by atoms with Gasteiger partial charge in [-0.15, -0.1) is 10.6 Å². The van der Waals surface area contributed by atoms with E-state index in [1.165, 1.54) is 10.8 Å². The molecule has 1 saturated heterocycles. The molecule has 5 heteroatoms. The van der Waals surface area contributed by atoms with Crippen LogP contribution in [-0.2, 0) is 3.79 Å². The lowest BCUT2D eigenvalue weighted by molar-refractivity contribution is 0.389. The number of hydrogen-bond donors (Lipinski definition) is 0. The van der Waals surface area contributed by atoms with Crippen LogP contribution in [0.25, 0.3) is 0 Å². The Hall–Kier alpha value is 2.09. The molecule has 22 heavy (non-hydrogen) atoms. The Kier molecular flexibility index (Phi) is 11.0. The predicted molar refractivity (Wildman–Crippen MR) is 108 cm³/mol. The molecule has 0 aromatic heterocycles. The molecule has 0 unspecified atom stereocenters. The van der Waals surface area contributed by atoms with Crippen molar-refractivity contribution in [1.82, 2.24) is 0 Å². The summed E-state index contributed by atoms with van der Waals surface area (Å²) in [5.41, 5.74) is 1.30. The van der Waals surface area contributed by atoms with Gasteiger partial charge >= 0.3 is 12.6 Å². The van der Waals surface area contributed by atoms with E-state index in [1.807, 2.05) is 0 Å². The van der Waals surface area contributed by atoms with Crippen LogP contribution >= 0.6 is 0 Å². The van der Waals surface area contributed by atoms with Gasteiger partial charge in [-0.25, -0.2) is 0 Å². The maximum atomic E-state index is 6.72. The minimum Gasteiger partial charge on any atom is -0.522 e. The lowest BCUT2D eigenvalue weighted by Crippen LogP contribution is -2.65. The van der Waals surface area contributed by atoms with E-state index in [0.29, 0.717) is 0 Å². The van der Waals surface area contributed by atoms with Crippen molar-refractivity contribution < 1.29 is 3.79 Å². The van der Waals surface area contributed by atoms with Crippen LogP contribution in [-0.4, -0.2) is 51.0 Å². The third-order valence-corrected chi connectivity index (χ3v) is 53.5. The van der Waals surface area contributed by atoms with Gasteiger partial charge in [0.2, 0.25) is 12.2 Å². The first-order valence-corrected chi connectivity index (χ1v) is 22.4. The van der Waals surface area contributed by atoms with Crippen LogP contribution < -0.4 is 0 Å². The van der Waals surface area contributed by atoms with Gasteiger partial charge < -0.3 is 3.79 Å². The van der Waals surface area contributed by atoms with Crippen molar-refractivity contribution in [1.29, 1.82) is 0 Å². The first kappa shape index (κ1) is 22.1. The van der Waals surface area contributed by atoms with Crippen LogP contribution in [0.15, 0.2) is 0 Å². The summed E-state index contributed by atoms with van der Waals surface area (Å²) in [6.45, 7) is 19.7. The molecule has 0 aliphatic carbocycles. The average molecular weight is 366 g/mol. The highest BCUT2D eigenvalue weighted by Gasteiger charge is 2.52. The monoisotopic (exact) mass is 366 g/mol. The lowest BCUT2D eigenvalue weighted by atomic mass is 10.3. The van der Waals surface area contributed by atoms with Gasteiger partial charge in [0.15, 0.2) is 10.3 Å². The quantitative estimate of drug-likeness (QED) is 0.556. The van der Waals surface area contributed by atoms with E-state index < -0.39 is 45.5 Å². The molecule has 124 valence electrons. The van der Waals surface area contributed by atoms with Gasteiger partial charge in [-0.05, 0) is 0 Å². The third kappa shape index (κ3) is 7.98. The second-order valence-corrected chi connectivity index (χ2v) is 37.2. The first-order chi connectivity index (χ1) is 10.2. The molecule has 0 aromatic rings. The van der Waals surface area contributed by atoms with E-state index in [0.717, 1.165) is 23.7 Å². The summed E-state index contributed by atoms with van der Waals surface area (Å²) >= 11 is -1.36. The van der Waals surface area contributed by atoms with E-state index in [4.69, 9.17) is 3.79 Å². The maximum absolute atomic E-state index is 6.72. The van der Waals surface area contributed by atoms with Gasteiger partial charge in [0.25, 0.3) is 0 Å². The Morgan fingerprint density at radius 2 is 1.09 bits per heavy atom. The molecule has 1 nitrogen and oxygen atoms in total. The average Bonchev–Trinajstić information content (AvgIpc) is 2.34. The molecule has 0 radical (unpaired) electrons. The smallest absolute Gasteiger partial charge is 0.360 e. The third-order valence-electron chi connectivity index (χ3n) is 5.12. The van der Waals surface area contributed by atoms with Crippen LogP contribution in [0.1, 0.15) is 55.4 Å². The van der Waals surface area contributed by atoms with Crippen LogP contribution in [0.5, 0.6) is 0 Å². The summed E-state index contributed by atoms with van der Waals surface area (Å²) in [6.07, 6.45) is 0. The van der Waals surface area contributed by atoms with E-state index in [9.17, 15) is 0 Å². The summed E-state index contributed by atoms with van der Waals surface area (Å²) < 4.78 is 6.72. The van der Waals surface area contributed by atoms with Crippen molar-refractivity contribution in [3.8, 4) is 0 Å². The van der Waals surface area contributed by atoms with Crippen molar-refractivity contribution in [2.75, 3.05) is 5.47 Å². The molecule has 1 aliphatic heterocycles. The normalized spacial score (nSPS) is 16.9. The fraction of sp³-hybridized carbons (Fsp3) is 1.00. The fourth-order valence-corrected chi connectivity index (χ4v) is 72.2. The first-order valence-electron chi connectivity index (χ1n) is 9.82.